The maximum atomic E-state index is 12.4. The number of carbonyl (C=O) groups excluding carboxylic acids is 1. The van der Waals surface area contributed by atoms with Gasteiger partial charge in [-0.25, -0.2) is 4.68 Å². The summed E-state index contributed by atoms with van der Waals surface area (Å²) in [4.78, 5) is 22.5. The van der Waals surface area contributed by atoms with Crippen molar-refractivity contribution in [2.75, 3.05) is 0 Å². The van der Waals surface area contributed by atoms with Crippen LogP contribution in [0, 0.1) is 24.0 Å². The quantitative estimate of drug-likeness (QED) is 0.636. The van der Waals surface area contributed by atoms with E-state index in [9.17, 15) is 14.9 Å². The SMILES string of the molecule is CCc1c(C)nn(C(=O)c2ccc([N+](=O)[O-])cc2)c1C. The lowest BCUT2D eigenvalue weighted by molar-refractivity contribution is -0.384. The first-order chi connectivity index (χ1) is 9.45. The van der Waals surface area contributed by atoms with Gasteiger partial charge >= 0.3 is 0 Å². The van der Waals surface area contributed by atoms with Gasteiger partial charge < -0.3 is 0 Å². The maximum absolute atomic E-state index is 12.4. The van der Waals surface area contributed by atoms with Gasteiger partial charge in [0.1, 0.15) is 0 Å². The predicted molar refractivity (Wildman–Crippen MR) is 73.9 cm³/mol. The first-order valence-electron chi connectivity index (χ1n) is 6.30. The highest BCUT2D eigenvalue weighted by Crippen LogP contribution is 2.17. The Morgan fingerprint density at radius 1 is 1.30 bits per heavy atom. The monoisotopic (exact) mass is 273 g/mol. The van der Waals surface area contributed by atoms with Crippen LogP contribution < -0.4 is 0 Å². The largest absolute Gasteiger partial charge is 0.278 e. The molecule has 0 bridgehead atoms. The summed E-state index contributed by atoms with van der Waals surface area (Å²) in [7, 11) is 0. The number of aromatic nitrogens is 2. The normalized spacial score (nSPS) is 10.6. The summed E-state index contributed by atoms with van der Waals surface area (Å²) in [6.07, 6.45) is 0.811. The lowest BCUT2D eigenvalue weighted by Crippen LogP contribution is -2.15. The Morgan fingerprint density at radius 3 is 2.35 bits per heavy atom. The highest BCUT2D eigenvalue weighted by molar-refractivity contribution is 5.96. The van der Waals surface area contributed by atoms with Crippen molar-refractivity contribution in [1.29, 1.82) is 0 Å². The average molecular weight is 273 g/mol. The summed E-state index contributed by atoms with van der Waals surface area (Å²) in [6, 6.07) is 5.53. The standard InChI is InChI=1S/C14H15N3O3/c1-4-13-9(2)15-16(10(13)3)14(18)11-5-7-12(8-6-11)17(19)20/h5-8H,4H2,1-3H3. The molecule has 1 heterocycles. The van der Waals surface area contributed by atoms with Crippen molar-refractivity contribution < 1.29 is 9.72 Å². The Morgan fingerprint density at radius 2 is 1.90 bits per heavy atom. The summed E-state index contributed by atoms with van der Waals surface area (Å²) >= 11 is 0. The van der Waals surface area contributed by atoms with Crippen LogP contribution in [0.5, 0.6) is 0 Å². The Kier molecular flexibility index (Phi) is 3.65. The summed E-state index contributed by atoms with van der Waals surface area (Å²) in [5.41, 5.74) is 3.04. The number of nitro groups is 1. The van der Waals surface area contributed by atoms with Crippen LogP contribution in [0.4, 0.5) is 5.69 Å². The predicted octanol–water partition coefficient (Wildman–Crippen LogP) is 2.66. The Labute approximate surface area is 116 Å². The molecule has 0 fully saturated rings. The van der Waals surface area contributed by atoms with Crippen LogP contribution in [-0.2, 0) is 6.42 Å². The Hall–Kier alpha value is -2.50. The fourth-order valence-electron chi connectivity index (χ4n) is 2.23. The van der Waals surface area contributed by atoms with Crippen LogP contribution in [0.1, 0.15) is 34.2 Å². The van der Waals surface area contributed by atoms with Crippen LogP contribution in [0.15, 0.2) is 24.3 Å². The highest BCUT2D eigenvalue weighted by atomic mass is 16.6. The highest BCUT2D eigenvalue weighted by Gasteiger charge is 2.17. The van der Waals surface area contributed by atoms with Gasteiger partial charge in [0, 0.05) is 23.4 Å². The number of rotatable bonds is 3. The van der Waals surface area contributed by atoms with Gasteiger partial charge in [0.25, 0.3) is 11.6 Å². The van der Waals surface area contributed by atoms with E-state index < -0.39 is 4.92 Å². The molecule has 0 aliphatic carbocycles. The van der Waals surface area contributed by atoms with Gasteiger partial charge in [-0.1, -0.05) is 6.92 Å². The van der Waals surface area contributed by atoms with Crippen LogP contribution in [-0.4, -0.2) is 20.6 Å². The van der Waals surface area contributed by atoms with E-state index in [1.54, 1.807) is 0 Å². The molecule has 1 aromatic carbocycles. The first-order valence-corrected chi connectivity index (χ1v) is 6.30. The second-order valence-corrected chi connectivity index (χ2v) is 4.52. The minimum Gasteiger partial charge on any atom is -0.267 e. The molecule has 0 unspecified atom stereocenters. The molecular weight excluding hydrogens is 258 g/mol. The Bertz CT molecular complexity index is 672. The fraction of sp³-hybridized carbons (Fsp3) is 0.286. The zero-order valence-electron chi connectivity index (χ0n) is 11.6. The lowest BCUT2D eigenvalue weighted by Gasteiger charge is -2.03. The van der Waals surface area contributed by atoms with Gasteiger partial charge in [-0.05, 0) is 38.0 Å². The van der Waals surface area contributed by atoms with E-state index in [1.807, 2.05) is 20.8 Å². The molecule has 2 aromatic rings. The van der Waals surface area contributed by atoms with E-state index >= 15 is 0 Å². The third kappa shape index (κ3) is 2.32. The molecule has 0 aliphatic heterocycles. The van der Waals surface area contributed by atoms with Gasteiger partial charge in [-0.15, -0.1) is 0 Å². The van der Waals surface area contributed by atoms with Gasteiger partial charge in [0.15, 0.2) is 0 Å². The van der Waals surface area contributed by atoms with Crippen molar-refractivity contribution in [3.63, 3.8) is 0 Å². The molecule has 6 heteroatoms. The molecule has 0 N–H and O–H groups in total. The number of hydrogen-bond acceptors (Lipinski definition) is 4. The molecule has 2 rings (SSSR count). The lowest BCUT2D eigenvalue weighted by atomic mass is 10.1. The molecule has 0 saturated heterocycles. The molecule has 0 atom stereocenters. The number of nitrogens with zero attached hydrogens (tertiary/aromatic N) is 3. The Balaban J connectivity index is 2.39. The van der Waals surface area contributed by atoms with Crippen molar-refractivity contribution in [2.45, 2.75) is 27.2 Å². The van der Waals surface area contributed by atoms with Gasteiger partial charge in [-0.3, -0.25) is 14.9 Å². The van der Waals surface area contributed by atoms with E-state index in [1.165, 1.54) is 28.9 Å². The molecule has 0 aliphatic rings. The van der Waals surface area contributed by atoms with Crippen molar-refractivity contribution in [3.8, 4) is 0 Å². The smallest absolute Gasteiger partial charge is 0.267 e. The van der Waals surface area contributed by atoms with Gasteiger partial charge in [0.2, 0.25) is 0 Å². The van der Waals surface area contributed by atoms with Crippen molar-refractivity contribution in [2.24, 2.45) is 0 Å². The van der Waals surface area contributed by atoms with Crippen molar-refractivity contribution in [3.05, 3.63) is 56.9 Å². The minimum atomic E-state index is -0.493. The summed E-state index contributed by atoms with van der Waals surface area (Å²) in [5.74, 6) is -0.278. The average Bonchev–Trinajstić information content (AvgIpc) is 2.72. The molecule has 6 nitrogen and oxygen atoms in total. The third-order valence-corrected chi connectivity index (χ3v) is 3.31. The van der Waals surface area contributed by atoms with Crippen LogP contribution in [0.3, 0.4) is 0 Å². The minimum absolute atomic E-state index is 0.0378. The molecule has 0 radical (unpaired) electrons. The number of nitro benzene ring substituents is 1. The first kappa shape index (κ1) is 13.9. The number of hydrogen-bond donors (Lipinski definition) is 0. The number of aryl methyl sites for hydroxylation is 1. The zero-order chi connectivity index (χ0) is 14.9. The number of non-ortho nitro benzene ring substituents is 1. The van der Waals surface area contributed by atoms with Crippen LogP contribution >= 0.6 is 0 Å². The molecule has 104 valence electrons. The number of benzene rings is 1. The fourth-order valence-corrected chi connectivity index (χ4v) is 2.23. The second kappa shape index (κ2) is 5.24. The van der Waals surface area contributed by atoms with Crippen LogP contribution in [0.2, 0.25) is 0 Å². The summed E-state index contributed by atoms with van der Waals surface area (Å²) in [6.45, 7) is 5.73. The summed E-state index contributed by atoms with van der Waals surface area (Å²) < 4.78 is 1.36. The summed E-state index contributed by atoms with van der Waals surface area (Å²) in [5, 5.41) is 14.8. The zero-order valence-corrected chi connectivity index (χ0v) is 11.6. The van der Waals surface area contributed by atoms with Gasteiger partial charge in [-0.2, -0.15) is 5.10 Å². The van der Waals surface area contributed by atoms with Gasteiger partial charge in [0.05, 0.1) is 10.6 Å². The third-order valence-electron chi connectivity index (χ3n) is 3.31. The second-order valence-electron chi connectivity index (χ2n) is 4.52. The molecule has 0 saturated carbocycles. The van der Waals surface area contributed by atoms with E-state index in [0.29, 0.717) is 5.56 Å². The maximum Gasteiger partial charge on any atom is 0.278 e. The molecule has 1 aromatic heterocycles. The van der Waals surface area contributed by atoms with E-state index in [-0.39, 0.29) is 11.6 Å². The van der Waals surface area contributed by atoms with E-state index in [2.05, 4.69) is 5.10 Å². The topological polar surface area (TPSA) is 78.0 Å². The number of carbonyl (C=O) groups is 1. The molecule has 20 heavy (non-hydrogen) atoms. The van der Waals surface area contributed by atoms with Crippen LogP contribution in [0.25, 0.3) is 0 Å². The molecule has 0 amide bonds. The van der Waals surface area contributed by atoms with E-state index in [4.69, 9.17) is 0 Å². The molecule has 0 spiro atoms. The van der Waals surface area contributed by atoms with Crippen molar-refractivity contribution >= 4 is 11.6 Å². The van der Waals surface area contributed by atoms with Crippen molar-refractivity contribution in [1.82, 2.24) is 9.78 Å². The molecular formula is C14H15N3O3. The van der Waals surface area contributed by atoms with E-state index in [0.717, 1.165) is 23.4 Å².